The number of nitrogens with two attached hydrogens (primary N) is 1. The highest BCUT2D eigenvalue weighted by Gasteiger charge is 2.16. The van der Waals surface area contributed by atoms with E-state index in [0.717, 1.165) is 44.7 Å². The number of H-pyrrole nitrogens is 1. The zero-order valence-electron chi connectivity index (χ0n) is 14.1. The second-order valence-corrected chi connectivity index (χ2v) is 6.12. The molecular weight excluding hydrogens is 318 g/mol. The first-order chi connectivity index (χ1) is 12.0. The Morgan fingerprint density at radius 3 is 2.68 bits per heavy atom. The lowest BCUT2D eigenvalue weighted by Crippen LogP contribution is -2.19. The first-order valence-corrected chi connectivity index (χ1v) is 7.82. The predicted octanol–water partition coefficient (Wildman–Crippen LogP) is 2.78. The van der Waals surface area contributed by atoms with Gasteiger partial charge in [-0.05, 0) is 37.6 Å². The quantitative estimate of drug-likeness (QED) is 0.586. The van der Waals surface area contributed by atoms with E-state index in [9.17, 15) is 4.79 Å². The van der Waals surface area contributed by atoms with E-state index in [0.29, 0.717) is 0 Å². The lowest BCUT2D eigenvalue weighted by atomic mass is 9.97. The number of benzene rings is 1. The summed E-state index contributed by atoms with van der Waals surface area (Å²) in [7, 11) is 1.68. The Morgan fingerprint density at radius 1 is 1.20 bits per heavy atom. The zero-order chi connectivity index (χ0) is 17.7. The number of imidazole rings is 1. The highest BCUT2D eigenvalue weighted by atomic mass is 16.5. The molecule has 7 heteroatoms. The number of pyridine rings is 1. The molecular formula is C18H17N5O2. The molecule has 25 heavy (non-hydrogen) atoms. The van der Waals surface area contributed by atoms with Gasteiger partial charge in [0.1, 0.15) is 5.76 Å². The van der Waals surface area contributed by atoms with Crippen molar-refractivity contribution < 1.29 is 4.52 Å². The molecule has 0 unspecified atom stereocenters. The van der Waals surface area contributed by atoms with Gasteiger partial charge in [-0.1, -0.05) is 5.16 Å². The highest BCUT2D eigenvalue weighted by Crippen LogP contribution is 2.35. The van der Waals surface area contributed by atoms with E-state index in [4.69, 9.17) is 10.3 Å². The number of fused-ring (bicyclic) bond motifs is 1. The number of nitrogens with one attached hydrogen (secondary N) is 1. The van der Waals surface area contributed by atoms with Crippen molar-refractivity contribution in [2.45, 2.75) is 13.8 Å². The van der Waals surface area contributed by atoms with E-state index in [-0.39, 0.29) is 11.2 Å². The fourth-order valence-corrected chi connectivity index (χ4v) is 3.19. The molecule has 3 aromatic heterocycles. The third kappa shape index (κ3) is 2.32. The molecule has 7 nitrogen and oxygen atoms in total. The number of hydrogen-bond donors (Lipinski definition) is 2. The van der Waals surface area contributed by atoms with Crippen molar-refractivity contribution in [3.8, 4) is 22.3 Å². The van der Waals surface area contributed by atoms with E-state index >= 15 is 0 Å². The number of anilines is 1. The molecule has 4 rings (SSSR count). The smallest absolute Gasteiger partial charge is 0.273 e. The summed E-state index contributed by atoms with van der Waals surface area (Å²) in [4.78, 5) is 19.5. The second kappa shape index (κ2) is 5.34. The Hall–Kier alpha value is -3.35. The predicted molar refractivity (Wildman–Crippen MR) is 96.2 cm³/mol. The monoisotopic (exact) mass is 335 g/mol. The lowest BCUT2D eigenvalue weighted by molar-refractivity contribution is 0.393. The first kappa shape index (κ1) is 15.2. The Labute approximate surface area is 143 Å². The highest BCUT2D eigenvalue weighted by molar-refractivity contribution is 5.96. The van der Waals surface area contributed by atoms with Crippen LogP contribution in [0.1, 0.15) is 11.5 Å². The van der Waals surface area contributed by atoms with Crippen molar-refractivity contribution in [3.63, 3.8) is 0 Å². The molecule has 0 aliphatic heterocycles. The Bertz CT molecular complexity index is 1120. The summed E-state index contributed by atoms with van der Waals surface area (Å²) < 4.78 is 6.78. The van der Waals surface area contributed by atoms with Crippen LogP contribution < -0.4 is 11.3 Å². The van der Waals surface area contributed by atoms with Crippen LogP contribution in [0.25, 0.3) is 33.3 Å². The van der Waals surface area contributed by atoms with Gasteiger partial charge in [0.25, 0.3) is 5.56 Å². The third-order valence-electron chi connectivity index (χ3n) is 4.37. The maximum absolute atomic E-state index is 11.9. The molecule has 0 radical (unpaired) electrons. The van der Waals surface area contributed by atoms with Gasteiger partial charge in [0.2, 0.25) is 0 Å². The minimum atomic E-state index is -0.219. The minimum Gasteiger partial charge on any atom is -0.394 e. The Kier molecular flexibility index (Phi) is 3.24. The summed E-state index contributed by atoms with van der Waals surface area (Å²) in [5.41, 5.74) is 12.0. The van der Waals surface area contributed by atoms with E-state index in [1.165, 1.54) is 4.57 Å². The van der Waals surface area contributed by atoms with Crippen LogP contribution in [0.5, 0.6) is 0 Å². The molecule has 0 saturated carbocycles. The normalized spacial score (nSPS) is 11.3. The second-order valence-electron chi connectivity index (χ2n) is 6.12. The lowest BCUT2D eigenvalue weighted by Gasteiger charge is -2.10. The van der Waals surface area contributed by atoms with Crippen molar-refractivity contribution in [1.29, 1.82) is 0 Å². The van der Waals surface area contributed by atoms with Crippen LogP contribution in [0.3, 0.4) is 0 Å². The van der Waals surface area contributed by atoms with Gasteiger partial charge in [-0.15, -0.1) is 0 Å². The fourth-order valence-electron chi connectivity index (χ4n) is 3.19. The molecule has 1 aromatic carbocycles. The van der Waals surface area contributed by atoms with Crippen molar-refractivity contribution in [2.24, 2.45) is 7.05 Å². The number of nitrogen functional groups attached to an aromatic ring is 1. The van der Waals surface area contributed by atoms with Crippen LogP contribution in [-0.4, -0.2) is 19.7 Å². The van der Waals surface area contributed by atoms with Crippen LogP contribution in [-0.2, 0) is 7.05 Å². The van der Waals surface area contributed by atoms with Gasteiger partial charge in [-0.25, -0.2) is 4.98 Å². The summed E-state index contributed by atoms with van der Waals surface area (Å²) in [6.07, 6.45) is 3.41. The average Bonchev–Trinajstić information content (AvgIpc) is 3.17. The summed E-state index contributed by atoms with van der Waals surface area (Å²) in [5, 5.41) is 4.04. The van der Waals surface area contributed by atoms with Gasteiger partial charge in [0, 0.05) is 29.9 Å². The van der Waals surface area contributed by atoms with Gasteiger partial charge in [0.05, 0.1) is 28.7 Å². The maximum Gasteiger partial charge on any atom is 0.273 e. The van der Waals surface area contributed by atoms with E-state index < -0.39 is 0 Å². The fraction of sp³-hybridized carbons (Fsp3) is 0.167. The molecule has 4 aromatic rings. The minimum absolute atomic E-state index is 0.200. The number of hydrogen-bond acceptors (Lipinski definition) is 5. The molecule has 0 saturated heterocycles. The summed E-state index contributed by atoms with van der Waals surface area (Å²) >= 11 is 0. The summed E-state index contributed by atoms with van der Waals surface area (Å²) in [5.74, 6) is 0.752. The SMILES string of the molecule is Cc1noc(C)c1-c1cc(-c2cc(N)c(=O)n(C)c2)c2nc[nH]c2c1. The molecule has 0 fully saturated rings. The number of nitrogens with zero attached hydrogens (tertiary/aromatic N) is 3. The molecule has 3 heterocycles. The van der Waals surface area contributed by atoms with Gasteiger partial charge in [-0.2, -0.15) is 0 Å². The summed E-state index contributed by atoms with van der Waals surface area (Å²) in [6, 6.07) is 5.72. The Balaban J connectivity index is 2.04. The van der Waals surface area contributed by atoms with E-state index in [2.05, 4.69) is 15.1 Å². The number of aryl methyl sites for hydroxylation is 3. The summed E-state index contributed by atoms with van der Waals surface area (Å²) in [6.45, 7) is 3.79. The molecule has 0 atom stereocenters. The van der Waals surface area contributed by atoms with Crippen molar-refractivity contribution >= 4 is 16.7 Å². The molecule has 0 amide bonds. The largest absolute Gasteiger partial charge is 0.394 e. The third-order valence-corrected chi connectivity index (χ3v) is 4.37. The number of aromatic amines is 1. The topological polar surface area (TPSA) is 103 Å². The maximum atomic E-state index is 11.9. The molecule has 0 bridgehead atoms. The number of rotatable bonds is 2. The van der Waals surface area contributed by atoms with E-state index in [1.54, 1.807) is 25.6 Å². The van der Waals surface area contributed by atoms with Crippen LogP contribution in [0.15, 0.2) is 40.0 Å². The zero-order valence-corrected chi connectivity index (χ0v) is 14.1. The molecule has 126 valence electrons. The van der Waals surface area contributed by atoms with Gasteiger partial charge in [0.15, 0.2) is 0 Å². The van der Waals surface area contributed by atoms with Crippen molar-refractivity contribution in [1.82, 2.24) is 19.7 Å². The number of aromatic nitrogens is 4. The van der Waals surface area contributed by atoms with Gasteiger partial charge >= 0.3 is 0 Å². The Morgan fingerprint density at radius 2 is 2.00 bits per heavy atom. The molecule has 0 spiro atoms. The van der Waals surface area contributed by atoms with Crippen LogP contribution in [0.4, 0.5) is 5.69 Å². The van der Waals surface area contributed by atoms with Crippen LogP contribution in [0.2, 0.25) is 0 Å². The van der Waals surface area contributed by atoms with Crippen molar-refractivity contribution in [2.75, 3.05) is 5.73 Å². The standard InChI is InChI=1S/C18H17N5O2/c1-9-16(10(2)25-22-9)11-4-13(17-15(6-11)20-8-21-17)12-5-14(19)18(24)23(3)7-12/h4-8H,19H2,1-3H3,(H,20,21). The average molecular weight is 335 g/mol. The molecule has 0 aliphatic carbocycles. The first-order valence-electron chi connectivity index (χ1n) is 7.82. The van der Waals surface area contributed by atoms with Gasteiger partial charge < -0.3 is 19.8 Å². The van der Waals surface area contributed by atoms with Crippen LogP contribution in [0, 0.1) is 13.8 Å². The van der Waals surface area contributed by atoms with Crippen LogP contribution >= 0.6 is 0 Å². The van der Waals surface area contributed by atoms with Crippen molar-refractivity contribution in [3.05, 3.63) is 52.5 Å². The molecule has 3 N–H and O–H groups in total. The van der Waals surface area contributed by atoms with Gasteiger partial charge in [-0.3, -0.25) is 4.79 Å². The molecule has 0 aliphatic rings. The van der Waals surface area contributed by atoms with E-state index in [1.807, 2.05) is 26.0 Å².